The summed E-state index contributed by atoms with van der Waals surface area (Å²) < 4.78 is 0. The Hall–Kier alpha value is -8.87. The average Bonchev–Trinajstić information content (AvgIpc) is 4.33. The summed E-state index contributed by atoms with van der Waals surface area (Å²) in [6.07, 6.45) is 2.81. The fourth-order valence-corrected chi connectivity index (χ4v) is 10.8. The van der Waals surface area contributed by atoms with Gasteiger partial charge in [-0.05, 0) is 49.3 Å². The smallest absolute Gasteiger partial charge is 0.303 e. The van der Waals surface area contributed by atoms with Gasteiger partial charge in [0.2, 0.25) is 53.2 Å². The van der Waals surface area contributed by atoms with E-state index in [1.54, 1.807) is 54.7 Å². The number of hydrogen-bond acceptors (Lipinski definition) is 15. The Morgan fingerprint density at radius 2 is 1.23 bits per heavy atom. The van der Waals surface area contributed by atoms with E-state index >= 15 is 0 Å². The molecule has 1 aliphatic rings. The van der Waals surface area contributed by atoms with E-state index in [4.69, 9.17) is 28.7 Å². The fourth-order valence-electron chi connectivity index (χ4n) is 8.46. The Kier molecular flexibility index (Phi) is 25.3. The van der Waals surface area contributed by atoms with Crippen LogP contribution in [-0.4, -0.2) is 164 Å². The van der Waals surface area contributed by atoms with E-state index in [1.165, 1.54) is 19.4 Å². The summed E-state index contributed by atoms with van der Waals surface area (Å²) in [7, 11) is 1.88. The van der Waals surface area contributed by atoms with Gasteiger partial charge in [-0.2, -0.15) is 0 Å². The second kappa shape index (κ2) is 32.4. The highest BCUT2D eigenvalue weighted by atomic mass is 33.1. The number of guanidine groups is 2. The van der Waals surface area contributed by atoms with E-state index in [2.05, 4.69) is 67.5 Å². The number of H-pyrrole nitrogens is 2. The number of carbonyl (C=O) groups is 10. The third-order valence-electron chi connectivity index (χ3n) is 12.6. The normalized spacial score (nSPS) is 21.2. The molecule has 8 atom stereocenters. The van der Waals surface area contributed by atoms with Gasteiger partial charge >= 0.3 is 5.97 Å². The Morgan fingerprint density at radius 3 is 1.85 bits per heavy atom. The van der Waals surface area contributed by atoms with Crippen LogP contribution in [-0.2, 0) is 67.2 Å². The van der Waals surface area contributed by atoms with Crippen molar-refractivity contribution in [1.82, 2.24) is 57.5 Å². The van der Waals surface area contributed by atoms with Crippen molar-refractivity contribution < 1.29 is 53.1 Å². The van der Waals surface area contributed by atoms with Crippen LogP contribution in [0.3, 0.4) is 0 Å². The minimum Gasteiger partial charge on any atom is -0.481 e. The van der Waals surface area contributed by atoms with Crippen LogP contribution in [0, 0.1) is 0 Å². The predicted octanol–water partition coefficient (Wildman–Crippen LogP) is -3.33. The number of para-hydroxylation sites is 1. The summed E-state index contributed by atoms with van der Waals surface area (Å²) in [5, 5.41) is 31.5. The van der Waals surface area contributed by atoms with E-state index in [0.29, 0.717) is 22.2 Å². The molecule has 1 saturated heterocycles. The molecule has 21 N–H and O–H groups in total. The van der Waals surface area contributed by atoms with Gasteiger partial charge in [0.05, 0.1) is 6.33 Å². The molecule has 0 bridgehead atoms. The summed E-state index contributed by atoms with van der Waals surface area (Å²) in [4.78, 5) is 157. The molecular weight excluding hydrogens is 1100 g/mol. The number of nitrogens with one attached hydrogen (secondary N) is 10. The third-order valence-corrected chi connectivity index (χ3v) is 15.0. The lowest BCUT2D eigenvalue weighted by Gasteiger charge is -2.28. The van der Waals surface area contributed by atoms with Gasteiger partial charge in [0, 0.05) is 86.2 Å². The van der Waals surface area contributed by atoms with Crippen LogP contribution < -0.4 is 71.2 Å². The van der Waals surface area contributed by atoms with Crippen molar-refractivity contribution in [2.24, 2.45) is 38.7 Å². The Bertz CT molecular complexity index is 2920. The highest BCUT2D eigenvalue weighted by Crippen LogP contribution is 2.24. The molecular formula is C51H70N18O11S2. The summed E-state index contributed by atoms with van der Waals surface area (Å²) in [5.74, 6) is -10.3. The summed E-state index contributed by atoms with van der Waals surface area (Å²) in [6.45, 7) is 1.28. The first-order chi connectivity index (χ1) is 39.2. The van der Waals surface area contributed by atoms with Crippen LogP contribution >= 0.6 is 21.6 Å². The third kappa shape index (κ3) is 21.3. The molecule has 2 aromatic carbocycles. The van der Waals surface area contributed by atoms with Gasteiger partial charge in [0.1, 0.15) is 48.3 Å². The number of carbonyl (C=O) groups excluding carboxylic acids is 9. The Morgan fingerprint density at radius 1 is 0.671 bits per heavy atom. The van der Waals surface area contributed by atoms with Gasteiger partial charge in [0.25, 0.3) is 0 Å². The van der Waals surface area contributed by atoms with Gasteiger partial charge in [-0.3, -0.25) is 57.9 Å². The number of nitrogens with zero attached hydrogens (tertiary/aromatic N) is 3. The van der Waals surface area contributed by atoms with Crippen LogP contribution in [0.4, 0.5) is 0 Å². The monoisotopic (exact) mass is 1170 g/mol. The number of aliphatic carboxylic acids is 1. The number of rotatable bonds is 21. The van der Waals surface area contributed by atoms with Crippen molar-refractivity contribution in [3.05, 3.63) is 90.1 Å². The standard InChI is InChI=1S/C51H70N18O11S2/c1-27(70)62-33(13-7-17-58-50(53)54)43(74)69-40-25-82-81-24-39(42(52)73)68-47(78)37(20-29-22-60-32-12-6-5-11-31(29)32)66-44(75)34(14-8-18-59-51(55)56)63-46(77)36(19-28-9-3-2-4-10-28)65-48(79)38(21-30-23-57-26-61-30)67-45(76)35(64-49(40)80)15-16-41(71)72/h2-6,9-12,22-23,26,33-40,60H,7-8,13-21,24-25H2,1H3,(H2,52,73)(H,57,61)(H,62,70)(H,63,77)(H,64,80)(H,65,79)(H,66,75)(H,67,76)(H,68,78)(H,69,74)(H,71,72)(H4,53,54,58)(H4,55,56,59)/t33-,34?,35+,36-,37?,38?,39?,40+/m1/s1. The molecule has 9 amide bonds. The number of aromatic amines is 2. The molecule has 2 aromatic heterocycles. The number of benzene rings is 2. The lowest BCUT2D eigenvalue weighted by molar-refractivity contribution is -0.138. The fraction of sp³-hybridized carbons (Fsp3) is 0.431. The number of fused-ring (bicyclic) bond motifs is 1. The molecule has 0 radical (unpaired) electrons. The minimum absolute atomic E-state index is 0.00244. The van der Waals surface area contributed by atoms with Gasteiger partial charge in [-0.25, -0.2) is 4.98 Å². The largest absolute Gasteiger partial charge is 0.481 e. The molecule has 29 nitrogen and oxygen atoms in total. The molecule has 442 valence electrons. The number of aliphatic imine (C=N–C) groups is 2. The van der Waals surface area contributed by atoms with Gasteiger partial charge in [0.15, 0.2) is 11.9 Å². The lowest BCUT2D eigenvalue weighted by Crippen LogP contribution is -2.61. The maximum atomic E-state index is 14.7. The highest BCUT2D eigenvalue weighted by Gasteiger charge is 2.36. The second-order valence-electron chi connectivity index (χ2n) is 19.0. The number of primary amides is 1. The number of aromatic nitrogens is 3. The SMILES string of the molecule is CC(=O)N[C@H](CCCN=C(N)N)C(=O)N[C@H]1CSSCC(C(N)=O)NC(=O)C(Cc2c[nH]c3ccccc23)NC(=O)C(CCCN=C(N)N)NC(=O)[C@@H](Cc2ccccc2)NC(=O)C(Cc2cnc[nH]2)NC(=O)[C@H](CCC(=O)O)NC1=O. The van der Waals surface area contributed by atoms with Crippen molar-refractivity contribution >= 4 is 104 Å². The van der Waals surface area contributed by atoms with Crippen molar-refractivity contribution in [3.63, 3.8) is 0 Å². The van der Waals surface area contributed by atoms with Gasteiger partial charge < -0.3 is 86.3 Å². The quantitative estimate of drug-likeness (QED) is 0.0168. The lowest BCUT2D eigenvalue weighted by atomic mass is 10.0. The van der Waals surface area contributed by atoms with E-state index in [0.717, 1.165) is 27.1 Å². The molecule has 0 aliphatic carbocycles. The van der Waals surface area contributed by atoms with Crippen molar-refractivity contribution in [2.75, 3.05) is 24.6 Å². The van der Waals surface area contributed by atoms with E-state index < -0.39 is 120 Å². The number of imidazole rings is 1. The van der Waals surface area contributed by atoms with Crippen LogP contribution in [0.1, 0.15) is 62.3 Å². The first-order valence-electron chi connectivity index (χ1n) is 26.0. The maximum Gasteiger partial charge on any atom is 0.303 e. The van der Waals surface area contributed by atoms with Crippen LogP contribution in [0.5, 0.6) is 0 Å². The van der Waals surface area contributed by atoms with Crippen molar-refractivity contribution in [2.45, 2.75) is 113 Å². The van der Waals surface area contributed by atoms with Crippen molar-refractivity contribution in [3.8, 4) is 0 Å². The van der Waals surface area contributed by atoms with Crippen LogP contribution in [0.25, 0.3) is 10.9 Å². The van der Waals surface area contributed by atoms with Crippen LogP contribution in [0.2, 0.25) is 0 Å². The van der Waals surface area contributed by atoms with Gasteiger partial charge in [-0.15, -0.1) is 0 Å². The zero-order valence-electron chi connectivity index (χ0n) is 44.8. The second-order valence-corrected chi connectivity index (χ2v) is 21.6. The van der Waals surface area contributed by atoms with E-state index in [9.17, 15) is 53.1 Å². The zero-order valence-corrected chi connectivity index (χ0v) is 46.4. The van der Waals surface area contributed by atoms with Gasteiger partial charge in [-0.1, -0.05) is 70.1 Å². The Balaban J connectivity index is 1.60. The van der Waals surface area contributed by atoms with Crippen LogP contribution in [0.15, 0.2) is 83.3 Å². The van der Waals surface area contributed by atoms with Crippen molar-refractivity contribution in [1.29, 1.82) is 0 Å². The molecule has 3 heterocycles. The highest BCUT2D eigenvalue weighted by molar-refractivity contribution is 8.76. The predicted molar refractivity (Wildman–Crippen MR) is 306 cm³/mol. The topological polar surface area (TPSA) is 486 Å². The molecule has 1 fully saturated rings. The molecule has 4 unspecified atom stereocenters. The molecule has 31 heteroatoms. The number of carboxylic acid groups (broad SMARTS) is 1. The minimum atomic E-state index is -1.68. The molecule has 82 heavy (non-hydrogen) atoms. The maximum absolute atomic E-state index is 14.7. The summed E-state index contributed by atoms with van der Waals surface area (Å²) in [5.41, 5.74) is 30.1. The molecule has 0 saturated carbocycles. The zero-order chi connectivity index (χ0) is 59.7. The molecule has 5 rings (SSSR count). The molecule has 4 aromatic rings. The first-order valence-corrected chi connectivity index (χ1v) is 28.5. The molecule has 0 spiro atoms. The summed E-state index contributed by atoms with van der Waals surface area (Å²) in [6, 6.07) is 3.98. The Labute approximate surface area is 478 Å². The first kappa shape index (κ1) is 64.0. The number of amides is 9. The number of hydrogen-bond donors (Lipinski definition) is 16. The number of carboxylic acids is 1. The summed E-state index contributed by atoms with van der Waals surface area (Å²) >= 11 is 0. The van der Waals surface area contributed by atoms with E-state index in [-0.39, 0.29) is 81.5 Å². The van der Waals surface area contributed by atoms with E-state index in [1.807, 2.05) is 6.07 Å². The average molecular weight is 1180 g/mol. The number of nitrogens with two attached hydrogens (primary N) is 5. The molecule has 1 aliphatic heterocycles.